The normalized spacial score (nSPS) is 34.1. The summed E-state index contributed by atoms with van der Waals surface area (Å²) in [5, 5.41) is 7.94. The average Bonchev–Trinajstić information content (AvgIpc) is 2.30. The van der Waals surface area contributed by atoms with Crippen molar-refractivity contribution in [1.29, 1.82) is 0 Å². The van der Waals surface area contributed by atoms with Crippen molar-refractivity contribution in [3.05, 3.63) is 11.6 Å². The van der Waals surface area contributed by atoms with E-state index in [1.807, 2.05) is 0 Å². The maximum atomic E-state index is 11.6. The molecule has 78 valence electrons. The number of aliphatic carboxylic acids is 1. The van der Waals surface area contributed by atoms with Crippen molar-refractivity contribution in [2.24, 2.45) is 0 Å². The molecule has 2 bridgehead atoms. The smallest absolute Gasteiger partial charge is 0.328 e. The molecular formula is C9H12O4S. The number of fused-ring (bicyclic) bond motifs is 2. The molecule has 2 heterocycles. The summed E-state index contributed by atoms with van der Waals surface area (Å²) < 4.78 is 23.3. The van der Waals surface area contributed by atoms with Crippen LogP contribution >= 0.6 is 0 Å². The minimum Gasteiger partial charge on any atom is -0.478 e. The van der Waals surface area contributed by atoms with Crippen molar-refractivity contribution in [1.82, 2.24) is 0 Å². The molecule has 2 unspecified atom stereocenters. The van der Waals surface area contributed by atoms with Crippen LogP contribution in [-0.4, -0.2) is 30.0 Å². The monoisotopic (exact) mass is 216 g/mol. The van der Waals surface area contributed by atoms with E-state index in [-0.39, 0.29) is 10.5 Å². The quantitative estimate of drug-likeness (QED) is 0.656. The van der Waals surface area contributed by atoms with Crippen LogP contribution in [0.4, 0.5) is 0 Å². The summed E-state index contributed by atoms with van der Waals surface area (Å²) in [5.74, 6) is -0.973. The summed E-state index contributed by atoms with van der Waals surface area (Å²) in [6.07, 6.45) is 3.41. The molecule has 2 atom stereocenters. The van der Waals surface area contributed by atoms with E-state index in [0.717, 1.165) is 5.57 Å². The molecule has 2 saturated heterocycles. The van der Waals surface area contributed by atoms with Gasteiger partial charge in [-0.15, -0.1) is 0 Å². The van der Waals surface area contributed by atoms with Gasteiger partial charge in [-0.25, -0.2) is 13.2 Å². The van der Waals surface area contributed by atoms with E-state index >= 15 is 0 Å². The first-order chi connectivity index (χ1) is 6.50. The molecule has 0 aromatic rings. The van der Waals surface area contributed by atoms with Crippen LogP contribution in [0.2, 0.25) is 0 Å². The highest BCUT2D eigenvalue weighted by atomic mass is 32.2. The molecular weight excluding hydrogens is 204 g/mol. The second-order valence-electron chi connectivity index (χ2n) is 3.96. The van der Waals surface area contributed by atoms with Crippen molar-refractivity contribution in [2.75, 3.05) is 0 Å². The fraction of sp³-hybridized carbons (Fsp3) is 0.667. The van der Waals surface area contributed by atoms with Crippen LogP contribution in [0.3, 0.4) is 0 Å². The Morgan fingerprint density at radius 1 is 1.29 bits per heavy atom. The third kappa shape index (κ3) is 1.45. The third-order valence-corrected chi connectivity index (χ3v) is 5.71. The van der Waals surface area contributed by atoms with Gasteiger partial charge in [-0.2, -0.15) is 0 Å². The van der Waals surface area contributed by atoms with Gasteiger partial charge in [0.15, 0.2) is 9.84 Å². The fourth-order valence-electron chi connectivity index (χ4n) is 2.37. The van der Waals surface area contributed by atoms with Crippen molar-refractivity contribution in [3.8, 4) is 0 Å². The number of carboxylic acids is 1. The molecule has 2 aliphatic heterocycles. The third-order valence-electron chi connectivity index (χ3n) is 3.05. The lowest BCUT2D eigenvalue weighted by Crippen LogP contribution is -2.29. The van der Waals surface area contributed by atoms with Crippen LogP contribution in [0.5, 0.6) is 0 Å². The van der Waals surface area contributed by atoms with Crippen LogP contribution in [0.25, 0.3) is 0 Å². The predicted octanol–water partition coefficient (Wildman–Crippen LogP) is 0.737. The van der Waals surface area contributed by atoms with Crippen molar-refractivity contribution in [2.45, 2.75) is 36.2 Å². The van der Waals surface area contributed by atoms with Gasteiger partial charge in [0, 0.05) is 6.08 Å². The molecule has 0 amide bonds. The summed E-state index contributed by atoms with van der Waals surface area (Å²) in [5.41, 5.74) is 0.778. The number of hydrogen-bond acceptors (Lipinski definition) is 3. The summed E-state index contributed by atoms with van der Waals surface area (Å²) in [6.45, 7) is 0. The van der Waals surface area contributed by atoms with Crippen LogP contribution in [0.15, 0.2) is 11.6 Å². The van der Waals surface area contributed by atoms with Gasteiger partial charge in [-0.1, -0.05) is 5.57 Å². The van der Waals surface area contributed by atoms with Gasteiger partial charge in [-0.3, -0.25) is 0 Å². The van der Waals surface area contributed by atoms with E-state index in [1.165, 1.54) is 6.08 Å². The van der Waals surface area contributed by atoms with E-state index in [1.54, 1.807) is 0 Å². The molecule has 4 nitrogen and oxygen atoms in total. The van der Waals surface area contributed by atoms with Crippen molar-refractivity contribution >= 4 is 15.8 Å². The molecule has 0 saturated carbocycles. The van der Waals surface area contributed by atoms with Crippen LogP contribution < -0.4 is 0 Å². The summed E-state index contributed by atoms with van der Waals surface area (Å²) in [7, 11) is -2.93. The first-order valence-electron chi connectivity index (χ1n) is 4.65. The Morgan fingerprint density at radius 2 is 1.79 bits per heavy atom. The Labute approximate surface area is 82.5 Å². The van der Waals surface area contributed by atoms with Gasteiger partial charge < -0.3 is 5.11 Å². The van der Waals surface area contributed by atoms with Crippen LogP contribution in [-0.2, 0) is 14.6 Å². The summed E-state index contributed by atoms with van der Waals surface area (Å²) in [6, 6.07) is 0. The minimum absolute atomic E-state index is 0.313. The molecule has 0 aromatic carbocycles. The second kappa shape index (κ2) is 3.08. The van der Waals surface area contributed by atoms with Gasteiger partial charge in [0.05, 0.1) is 10.5 Å². The number of sulfone groups is 1. The highest BCUT2D eigenvalue weighted by Crippen LogP contribution is 2.40. The zero-order valence-electron chi connectivity index (χ0n) is 7.64. The van der Waals surface area contributed by atoms with Gasteiger partial charge >= 0.3 is 5.97 Å². The number of allylic oxidation sites excluding steroid dienone is 1. The molecule has 0 aliphatic carbocycles. The molecule has 0 radical (unpaired) electrons. The van der Waals surface area contributed by atoms with E-state index < -0.39 is 15.8 Å². The van der Waals surface area contributed by atoms with Gasteiger partial charge in [0.1, 0.15) is 0 Å². The molecule has 0 spiro atoms. The van der Waals surface area contributed by atoms with Crippen molar-refractivity contribution < 1.29 is 18.3 Å². The molecule has 0 aromatic heterocycles. The lowest BCUT2D eigenvalue weighted by molar-refractivity contribution is -0.131. The minimum atomic E-state index is -2.93. The largest absolute Gasteiger partial charge is 0.478 e. The van der Waals surface area contributed by atoms with E-state index in [0.29, 0.717) is 25.7 Å². The number of carbonyl (C=O) groups is 1. The summed E-state index contributed by atoms with van der Waals surface area (Å²) >= 11 is 0. The number of hydrogen-bond donors (Lipinski definition) is 1. The zero-order valence-corrected chi connectivity index (χ0v) is 8.46. The van der Waals surface area contributed by atoms with Crippen LogP contribution in [0, 0.1) is 0 Å². The van der Waals surface area contributed by atoms with E-state index in [9.17, 15) is 13.2 Å². The first-order valence-corrected chi connectivity index (χ1v) is 6.26. The maximum Gasteiger partial charge on any atom is 0.328 e. The fourth-order valence-corrected chi connectivity index (χ4v) is 4.74. The molecule has 2 aliphatic rings. The predicted molar refractivity (Wildman–Crippen MR) is 50.7 cm³/mol. The lowest BCUT2D eigenvalue weighted by Gasteiger charge is -2.21. The standard InChI is InChI=1S/C9H12O4S/c10-9(11)5-6-3-7-1-2-8(4-6)14(7,12)13/h5,7-8H,1-4H2,(H,10,11). The molecule has 2 fully saturated rings. The SMILES string of the molecule is O=C(O)C=C1CC2CCC(C1)S2(=O)=O. The topological polar surface area (TPSA) is 71.4 Å². The Hall–Kier alpha value is -0.840. The Bertz CT molecular complexity index is 371. The van der Waals surface area contributed by atoms with Gasteiger partial charge in [0.2, 0.25) is 0 Å². The van der Waals surface area contributed by atoms with Gasteiger partial charge in [-0.05, 0) is 25.7 Å². The van der Waals surface area contributed by atoms with Crippen molar-refractivity contribution in [3.63, 3.8) is 0 Å². The number of rotatable bonds is 1. The number of carboxylic acid groups (broad SMARTS) is 1. The molecule has 14 heavy (non-hydrogen) atoms. The Morgan fingerprint density at radius 3 is 2.21 bits per heavy atom. The highest BCUT2D eigenvalue weighted by molar-refractivity contribution is 7.93. The molecule has 2 rings (SSSR count). The lowest BCUT2D eigenvalue weighted by atomic mass is 10.1. The first kappa shape index (κ1) is 9.71. The van der Waals surface area contributed by atoms with Crippen LogP contribution in [0.1, 0.15) is 25.7 Å². The summed E-state index contributed by atoms with van der Waals surface area (Å²) in [4.78, 5) is 10.4. The van der Waals surface area contributed by atoms with E-state index in [4.69, 9.17) is 5.11 Å². The Kier molecular flexibility index (Phi) is 2.14. The van der Waals surface area contributed by atoms with Gasteiger partial charge in [0.25, 0.3) is 0 Å². The maximum absolute atomic E-state index is 11.6. The average molecular weight is 216 g/mol. The second-order valence-corrected chi connectivity index (χ2v) is 6.47. The van der Waals surface area contributed by atoms with E-state index in [2.05, 4.69) is 0 Å². The molecule has 5 heteroatoms. The Balaban J connectivity index is 2.26. The zero-order chi connectivity index (χ0) is 10.3. The highest BCUT2D eigenvalue weighted by Gasteiger charge is 2.44. The molecule has 1 N–H and O–H groups in total.